The average Bonchev–Trinajstić information content (AvgIpc) is 4.14. The van der Waals surface area contributed by atoms with Crippen molar-refractivity contribution in [2.45, 2.75) is 6.42 Å². The van der Waals surface area contributed by atoms with Crippen LogP contribution in [-0.2, 0) is 0 Å². The largest absolute Gasteiger partial charge is 0.313 e. The van der Waals surface area contributed by atoms with Gasteiger partial charge in [-0.15, -0.1) is 22.7 Å². The van der Waals surface area contributed by atoms with E-state index in [1.165, 1.54) is 52.2 Å². The van der Waals surface area contributed by atoms with Crippen LogP contribution in [-0.4, -0.2) is 16.1 Å². The van der Waals surface area contributed by atoms with Gasteiger partial charge < -0.3 is 4.57 Å². The average molecular weight is 870 g/mol. The summed E-state index contributed by atoms with van der Waals surface area (Å²) >= 11 is 3.59. The Kier molecular flexibility index (Phi) is 9.66. The van der Waals surface area contributed by atoms with E-state index in [1.54, 1.807) is 22.7 Å². The minimum Gasteiger partial charge on any atom is -0.313 e. The number of benzene rings is 8. The van der Waals surface area contributed by atoms with Crippen LogP contribution in [0.15, 0.2) is 224 Å². The summed E-state index contributed by atoms with van der Waals surface area (Å²) in [6.07, 6.45) is 4.34. The van der Waals surface area contributed by atoms with Crippen LogP contribution >= 0.6 is 22.7 Å². The molecule has 11 aromatic rings. The molecule has 12 rings (SSSR count). The maximum Gasteiger partial charge on any atom is 0.192 e. The molecule has 3 aromatic heterocycles. The summed E-state index contributed by atoms with van der Waals surface area (Å²) in [7, 11) is 0. The van der Waals surface area contributed by atoms with Crippen molar-refractivity contribution in [3.8, 4) is 41.8 Å². The summed E-state index contributed by atoms with van der Waals surface area (Å²) < 4.78 is 2.33. The van der Waals surface area contributed by atoms with Crippen LogP contribution < -0.4 is 0 Å². The normalized spacial score (nSPS) is 13.9. The Balaban J connectivity index is 1.04. The van der Waals surface area contributed by atoms with E-state index < -0.39 is 5.92 Å². The minimum atomic E-state index is -0.542. The summed E-state index contributed by atoms with van der Waals surface area (Å²) in [5.41, 5.74) is 9.38. The van der Waals surface area contributed by atoms with Gasteiger partial charge in [-0.3, -0.25) is 9.59 Å². The molecule has 0 aliphatic heterocycles. The summed E-state index contributed by atoms with van der Waals surface area (Å²) in [5, 5.41) is 7.15. The van der Waals surface area contributed by atoms with Gasteiger partial charge in [0, 0.05) is 65.0 Å². The molecule has 8 aromatic carbocycles. The molecule has 65 heavy (non-hydrogen) atoms. The van der Waals surface area contributed by atoms with Crippen molar-refractivity contribution in [1.82, 2.24) is 4.57 Å². The number of fused-ring (bicyclic) bond motifs is 5. The van der Waals surface area contributed by atoms with Crippen molar-refractivity contribution in [2.24, 2.45) is 5.92 Å². The molecule has 1 unspecified atom stereocenters. The highest BCUT2D eigenvalue weighted by atomic mass is 32.1. The molecule has 0 N–H and O–H groups in total. The van der Waals surface area contributed by atoms with Gasteiger partial charge in [0.05, 0.1) is 11.0 Å². The Bertz CT molecular complexity index is 3550. The first-order valence-electron chi connectivity index (χ1n) is 21.9. The number of thiophene rings is 2. The zero-order valence-electron chi connectivity index (χ0n) is 35.1. The Morgan fingerprint density at radius 3 is 1.48 bits per heavy atom. The molecule has 0 radical (unpaired) electrons. The second-order valence-corrected chi connectivity index (χ2v) is 18.8. The molecule has 0 bridgehead atoms. The third-order valence-corrected chi connectivity index (χ3v) is 15.1. The number of rotatable bonds is 9. The number of hydrogen-bond acceptors (Lipinski definition) is 4. The monoisotopic (exact) mass is 869 g/mol. The topological polar surface area (TPSA) is 39.1 Å². The molecule has 0 fully saturated rings. The van der Waals surface area contributed by atoms with Gasteiger partial charge >= 0.3 is 0 Å². The minimum absolute atomic E-state index is 0.00388. The van der Waals surface area contributed by atoms with Crippen LogP contribution in [0.1, 0.15) is 27.1 Å². The van der Waals surface area contributed by atoms with Crippen molar-refractivity contribution in [3.05, 3.63) is 235 Å². The maximum atomic E-state index is 14.4. The quantitative estimate of drug-likeness (QED) is 0.136. The number of hydrogen-bond donors (Lipinski definition) is 0. The second-order valence-electron chi connectivity index (χ2n) is 16.7. The summed E-state index contributed by atoms with van der Waals surface area (Å²) in [6.45, 7) is 0. The Morgan fingerprint density at radius 1 is 0.446 bits per heavy atom. The predicted molar refractivity (Wildman–Crippen MR) is 274 cm³/mol. The molecule has 1 aliphatic rings. The van der Waals surface area contributed by atoms with Crippen LogP contribution in [0.25, 0.3) is 90.8 Å². The van der Waals surface area contributed by atoms with Crippen molar-refractivity contribution in [3.63, 3.8) is 0 Å². The van der Waals surface area contributed by atoms with Crippen LogP contribution in [0.2, 0.25) is 0 Å². The van der Waals surface area contributed by atoms with Crippen LogP contribution in [0.4, 0.5) is 0 Å². The van der Waals surface area contributed by atoms with E-state index in [4.69, 9.17) is 0 Å². The smallest absolute Gasteiger partial charge is 0.192 e. The van der Waals surface area contributed by atoms with Crippen LogP contribution in [0.5, 0.6) is 0 Å². The van der Waals surface area contributed by atoms with E-state index in [0.717, 1.165) is 38.6 Å². The van der Waals surface area contributed by atoms with E-state index in [1.807, 2.05) is 72.8 Å². The highest BCUT2D eigenvalue weighted by Gasteiger charge is 2.29. The molecule has 3 nitrogen and oxygen atoms in total. The fourth-order valence-corrected chi connectivity index (χ4v) is 11.7. The number of nitrogens with zero attached hydrogens (tertiary/aromatic N) is 1. The first-order valence-corrected chi connectivity index (χ1v) is 23.5. The lowest BCUT2D eigenvalue weighted by atomic mass is 9.85. The summed E-state index contributed by atoms with van der Waals surface area (Å²) in [6, 6.07) is 71.4. The van der Waals surface area contributed by atoms with E-state index in [-0.39, 0.29) is 11.6 Å². The number of Topliss-reactive ketones (excluding diaryl/α,β-unsaturated/α-hetero) is 2. The molecule has 308 valence electrons. The Labute approximate surface area is 384 Å². The molecule has 0 amide bonds. The molecule has 1 aliphatic carbocycles. The molecule has 5 heteroatoms. The summed E-state index contributed by atoms with van der Waals surface area (Å²) in [4.78, 5) is 33.6. The maximum absolute atomic E-state index is 14.4. The standard InChI is InChI=1S/C60H39NO2S2/c62-59(40-15-3-1-4-16-40)44-33-45(60(63)41-17-5-2-6-18-41)35-46(34-44)61-53-36-42(55-29-31-57(64-55)51-23-11-19-38-13-7-9-21-47(38)51)25-27-49(53)50-28-26-43(37-54(50)61)56-30-32-58(65-56)52-24-12-20-39-14-8-10-22-48(39)52/h1-34,36-37,45H,35H2. The van der Waals surface area contributed by atoms with E-state index in [9.17, 15) is 9.59 Å². The van der Waals surface area contributed by atoms with E-state index in [0.29, 0.717) is 23.1 Å². The van der Waals surface area contributed by atoms with Crippen molar-refractivity contribution >= 4 is 83.3 Å². The molecule has 3 heterocycles. The fourth-order valence-electron chi connectivity index (χ4n) is 9.62. The van der Waals surface area contributed by atoms with Gasteiger partial charge in [0.15, 0.2) is 11.6 Å². The van der Waals surface area contributed by atoms with E-state index in [2.05, 4.69) is 150 Å². The van der Waals surface area contributed by atoms with Crippen molar-refractivity contribution in [2.75, 3.05) is 0 Å². The van der Waals surface area contributed by atoms with Gasteiger partial charge in [-0.25, -0.2) is 0 Å². The van der Waals surface area contributed by atoms with Gasteiger partial charge in [-0.2, -0.15) is 0 Å². The summed E-state index contributed by atoms with van der Waals surface area (Å²) in [5.74, 6) is -0.647. The first-order chi connectivity index (χ1) is 32.0. The van der Waals surface area contributed by atoms with Gasteiger partial charge in [-0.05, 0) is 86.3 Å². The fraction of sp³-hybridized carbons (Fsp3) is 0.0333. The lowest BCUT2D eigenvalue weighted by molar-refractivity contribution is 0.0945. The molecular formula is C60H39NO2S2. The Hall–Kier alpha value is -7.70. The third kappa shape index (κ3) is 6.97. The highest BCUT2D eigenvalue weighted by molar-refractivity contribution is 7.19. The van der Waals surface area contributed by atoms with Gasteiger partial charge in [-0.1, -0.05) is 176 Å². The number of carbonyl (C=O) groups is 2. The number of allylic oxidation sites excluding steroid dienone is 4. The molecule has 0 saturated carbocycles. The van der Waals surface area contributed by atoms with Gasteiger partial charge in [0.1, 0.15) is 0 Å². The zero-order chi connectivity index (χ0) is 43.4. The lowest BCUT2D eigenvalue weighted by Gasteiger charge is -2.23. The number of carbonyl (C=O) groups excluding carboxylic acids is 2. The predicted octanol–water partition coefficient (Wildman–Crippen LogP) is 16.4. The second kappa shape index (κ2) is 16.1. The number of aromatic nitrogens is 1. The van der Waals surface area contributed by atoms with Crippen molar-refractivity contribution in [1.29, 1.82) is 0 Å². The van der Waals surface area contributed by atoms with Gasteiger partial charge in [0.25, 0.3) is 0 Å². The van der Waals surface area contributed by atoms with Crippen LogP contribution in [0, 0.1) is 5.92 Å². The number of ketones is 2. The SMILES string of the molecule is O=C(C1=CC(C(=O)c2ccccc2)CC(n2c3cc(-c4ccc(-c5cccc6ccccc56)s4)ccc3c3ccc(-c4ccc(-c5cccc6ccccc56)s4)cc32)=C1)c1ccccc1. The van der Waals surface area contributed by atoms with Crippen LogP contribution in [0.3, 0.4) is 0 Å². The Morgan fingerprint density at radius 2 is 0.923 bits per heavy atom. The lowest BCUT2D eigenvalue weighted by Crippen LogP contribution is -2.20. The molecule has 0 spiro atoms. The molecule has 1 atom stereocenters. The molecule has 0 saturated heterocycles. The van der Waals surface area contributed by atoms with Crippen molar-refractivity contribution < 1.29 is 9.59 Å². The van der Waals surface area contributed by atoms with Gasteiger partial charge in [0.2, 0.25) is 0 Å². The van der Waals surface area contributed by atoms with E-state index >= 15 is 0 Å². The molecular weight excluding hydrogens is 831 g/mol. The first kappa shape index (κ1) is 38.9. The highest BCUT2D eigenvalue weighted by Crippen LogP contribution is 2.44. The third-order valence-electron chi connectivity index (χ3n) is 12.8. The zero-order valence-corrected chi connectivity index (χ0v) is 36.8.